The highest BCUT2D eigenvalue weighted by molar-refractivity contribution is 7.99. The van der Waals surface area contributed by atoms with Crippen LogP contribution in [0.2, 0.25) is 10.0 Å². The number of hydrogen-bond acceptors (Lipinski definition) is 3. The normalized spacial score (nSPS) is 13.4. The average Bonchev–Trinajstić information content (AvgIpc) is 2.84. The molecule has 0 aliphatic carbocycles. The molecule has 0 amide bonds. The zero-order valence-electron chi connectivity index (χ0n) is 11.5. The standard InChI is InChI=1S/C16H11Cl2N3S/c17-10-2-1-3-12(8-10)21-16-13-9-11(18)4-5-15(13)22-7-6-14(16)19-20-21/h1-5,8-9H,6-7H2. The zero-order chi connectivity index (χ0) is 15.1. The van der Waals surface area contributed by atoms with Crippen LogP contribution in [0.15, 0.2) is 47.4 Å². The maximum atomic E-state index is 6.21. The largest absolute Gasteiger partial charge is 0.212 e. The van der Waals surface area contributed by atoms with Gasteiger partial charge in [0, 0.05) is 32.7 Å². The van der Waals surface area contributed by atoms with Crippen LogP contribution in [0.1, 0.15) is 5.69 Å². The van der Waals surface area contributed by atoms with Gasteiger partial charge in [0.25, 0.3) is 0 Å². The van der Waals surface area contributed by atoms with Gasteiger partial charge in [0.15, 0.2) is 0 Å². The Labute approximate surface area is 142 Å². The van der Waals surface area contributed by atoms with Crippen molar-refractivity contribution in [3.63, 3.8) is 0 Å². The van der Waals surface area contributed by atoms with Gasteiger partial charge in [-0.3, -0.25) is 0 Å². The van der Waals surface area contributed by atoms with Gasteiger partial charge in [-0.1, -0.05) is 34.5 Å². The van der Waals surface area contributed by atoms with Gasteiger partial charge < -0.3 is 0 Å². The van der Waals surface area contributed by atoms with E-state index in [-0.39, 0.29) is 0 Å². The minimum atomic E-state index is 0.677. The van der Waals surface area contributed by atoms with Gasteiger partial charge in [-0.25, -0.2) is 4.68 Å². The summed E-state index contributed by atoms with van der Waals surface area (Å²) in [6.07, 6.45) is 0.882. The number of benzene rings is 2. The SMILES string of the molecule is Clc1cccc(-n2nnc3c2-c2cc(Cl)ccc2SCC3)c1. The van der Waals surface area contributed by atoms with E-state index in [2.05, 4.69) is 16.4 Å². The predicted octanol–water partition coefficient (Wildman–Crippen LogP) is 4.89. The molecular formula is C16H11Cl2N3S. The Morgan fingerprint density at radius 3 is 2.77 bits per heavy atom. The highest BCUT2D eigenvalue weighted by Crippen LogP contribution is 2.39. The fourth-order valence-corrected chi connectivity index (χ4v) is 3.96. The van der Waals surface area contributed by atoms with Crippen molar-refractivity contribution in [1.29, 1.82) is 0 Å². The minimum Gasteiger partial charge on any atom is -0.212 e. The molecule has 3 nitrogen and oxygen atoms in total. The number of rotatable bonds is 1. The first kappa shape index (κ1) is 14.1. The van der Waals surface area contributed by atoms with E-state index < -0.39 is 0 Å². The van der Waals surface area contributed by atoms with Crippen LogP contribution >= 0.6 is 35.0 Å². The predicted molar refractivity (Wildman–Crippen MR) is 91.2 cm³/mol. The van der Waals surface area contributed by atoms with Gasteiger partial charge in [-0.2, -0.15) is 0 Å². The summed E-state index contributed by atoms with van der Waals surface area (Å²) in [6.45, 7) is 0. The van der Waals surface area contributed by atoms with E-state index in [1.54, 1.807) is 0 Å². The molecule has 3 aromatic rings. The van der Waals surface area contributed by atoms with Gasteiger partial charge in [0.05, 0.1) is 17.1 Å². The van der Waals surface area contributed by atoms with Gasteiger partial charge >= 0.3 is 0 Å². The number of hydrogen-bond donors (Lipinski definition) is 0. The highest BCUT2D eigenvalue weighted by Gasteiger charge is 2.22. The van der Waals surface area contributed by atoms with Crippen LogP contribution in [-0.4, -0.2) is 20.7 Å². The van der Waals surface area contributed by atoms with Crippen molar-refractivity contribution >= 4 is 35.0 Å². The molecule has 0 saturated heterocycles. The van der Waals surface area contributed by atoms with Crippen LogP contribution in [0.5, 0.6) is 0 Å². The Bertz CT molecular complexity index is 860. The Morgan fingerprint density at radius 2 is 1.91 bits per heavy atom. The van der Waals surface area contributed by atoms with Gasteiger partial charge in [0.2, 0.25) is 0 Å². The fraction of sp³-hybridized carbons (Fsp3) is 0.125. The lowest BCUT2D eigenvalue weighted by molar-refractivity contribution is 0.800. The summed E-state index contributed by atoms with van der Waals surface area (Å²) in [4.78, 5) is 1.20. The third kappa shape index (κ3) is 2.41. The Balaban J connectivity index is 1.98. The molecule has 0 radical (unpaired) electrons. The van der Waals surface area contributed by atoms with Crippen LogP contribution < -0.4 is 0 Å². The molecule has 2 heterocycles. The number of fused-ring (bicyclic) bond motifs is 3. The van der Waals surface area contributed by atoms with E-state index in [1.807, 2.05) is 52.8 Å². The lowest BCUT2D eigenvalue weighted by Crippen LogP contribution is -2.00. The maximum Gasteiger partial charge on any atom is 0.0988 e. The van der Waals surface area contributed by atoms with Crippen molar-refractivity contribution < 1.29 is 0 Å². The summed E-state index contributed by atoms with van der Waals surface area (Å²) >= 11 is 14.1. The van der Waals surface area contributed by atoms with Crippen LogP contribution in [0.3, 0.4) is 0 Å². The molecule has 0 fully saturated rings. The van der Waals surface area contributed by atoms with Crippen molar-refractivity contribution in [3.05, 3.63) is 58.2 Å². The first-order chi connectivity index (χ1) is 10.7. The molecule has 22 heavy (non-hydrogen) atoms. The monoisotopic (exact) mass is 347 g/mol. The molecule has 1 aromatic heterocycles. The quantitative estimate of drug-likeness (QED) is 0.627. The van der Waals surface area contributed by atoms with E-state index >= 15 is 0 Å². The molecule has 6 heteroatoms. The average molecular weight is 348 g/mol. The molecule has 110 valence electrons. The molecule has 2 aromatic carbocycles. The summed E-state index contributed by atoms with van der Waals surface area (Å²) in [5, 5.41) is 10.1. The zero-order valence-corrected chi connectivity index (χ0v) is 13.8. The van der Waals surface area contributed by atoms with E-state index in [1.165, 1.54) is 4.90 Å². The number of nitrogens with zero attached hydrogens (tertiary/aromatic N) is 3. The molecule has 1 aliphatic heterocycles. The van der Waals surface area contributed by atoms with Crippen molar-refractivity contribution in [1.82, 2.24) is 15.0 Å². The Hall–Kier alpha value is -1.49. The summed E-state index contributed by atoms with van der Waals surface area (Å²) in [5.41, 5.74) is 3.98. The molecule has 0 spiro atoms. The first-order valence-electron chi connectivity index (χ1n) is 6.85. The topological polar surface area (TPSA) is 30.7 Å². The second-order valence-corrected chi connectivity index (χ2v) is 7.02. The van der Waals surface area contributed by atoms with Crippen molar-refractivity contribution in [2.45, 2.75) is 11.3 Å². The van der Waals surface area contributed by atoms with Gasteiger partial charge in [0.1, 0.15) is 0 Å². The molecule has 0 bridgehead atoms. The first-order valence-corrected chi connectivity index (χ1v) is 8.60. The Morgan fingerprint density at radius 1 is 1.05 bits per heavy atom. The molecule has 0 saturated carbocycles. The number of aryl methyl sites for hydroxylation is 1. The van der Waals surface area contributed by atoms with Crippen LogP contribution in [0, 0.1) is 0 Å². The summed E-state index contributed by atoms with van der Waals surface area (Å²) in [6, 6.07) is 13.6. The lowest BCUT2D eigenvalue weighted by Gasteiger charge is -2.10. The van der Waals surface area contributed by atoms with Gasteiger partial charge in [-0.15, -0.1) is 16.9 Å². The molecule has 4 rings (SSSR count). The number of thioether (sulfide) groups is 1. The van der Waals surface area contributed by atoms with Crippen LogP contribution in [0.25, 0.3) is 16.9 Å². The highest BCUT2D eigenvalue weighted by atomic mass is 35.5. The molecule has 0 unspecified atom stereocenters. The Kier molecular flexibility index (Phi) is 3.60. The van der Waals surface area contributed by atoms with E-state index in [4.69, 9.17) is 23.2 Å². The third-order valence-corrected chi connectivity index (χ3v) is 5.13. The fourth-order valence-electron chi connectivity index (χ4n) is 2.61. The van der Waals surface area contributed by atoms with E-state index in [0.717, 1.165) is 34.8 Å². The van der Waals surface area contributed by atoms with E-state index in [9.17, 15) is 0 Å². The molecule has 0 atom stereocenters. The van der Waals surface area contributed by atoms with Crippen molar-refractivity contribution in [3.8, 4) is 16.9 Å². The van der Waals surface area contributed by atoms with Crippen molar-refractivity contribution in [2.24, 2.45) is 0 Å². The number of aromatic nitrogens is 3. The number of halogens is 2. The minimum absolute atomic E-state index is 0.677. The molecule has 1 aliphatic rings. The van der Waals surface area contributed by atoms with Crippen LogP contribution in [0.4, 0.5) is 0 Å². The smallest absolute Gasteiger partial charge is 0.0988 e. The van der Waals surface area contributed by atoms with Crippen LogP contribution in [-0.2, 0) is 6.42 Å². The second kappa shape index (κ2) is 5.61. The summed E-state index contributed by atoms with van der Waals surface area (Å²) in [7, 11) is 0. The van der Waals surface area contributed by atoms with Gasteiger partial charge in [-0.05, 0) is 36.4 Å². The third-order valence-electron chi connectivity index (χ3n) is 3.59. The lowest BCUT2D eigenvalue weighted by atomic mass is 10.1. The summed E-state index contributed by atoms with van der Waals surface area (Å²) in [5.74, 6) is 0.982. The van der Waals surface area contributed by atoms with Crippen molar-refractivity contribution in [2.75, 3.05) is 5.75 Å². The maximum absolute atomic E-state index is 6.21. The second-order valence-electron chi connectivity index (χ2n) is 5.02. The summed E-state index contributed by atoms with van der Waals surface area (Å²) < 4.78 is 1.85. The van der Waals surface area contributed by atoms with E-state index in [0.29, 0.717) is 10.0 Å². The molecule has 0 N–H and O–H groups in total. The molecular weight excluding hydrogens is 337 g/mol.